The second kappa shape index (κ2) is 7.83. The number of para-hydroxylation sites is 2. The maximum atomic E-state index is 2.51. The Labute approximate surface area is 154 Å². The number of hydrogen-bond acceptors (Lipinski definition) is 2. The van der Waals surface area contributed by atoms with Crippen LogP contribution in [0.4, 0.5) is 11.4 Å². The summed E-state index contributed by atoms with van der Waals surface area (Å²) < 4.78 is 2.27. The number of aryl methyl sites for hydroxylation is 1. The fourth-order valence-corrected chi connectivity index (χ4v) is 4.55. The Bertz CT molecular complexity index is 765. The van der Waals surface area contributed by atoms with Gasteiger partial charge in [0.2, 0.25) is 0 Å². The van der Waals surface area contributed by atoms with Crippen LogP contribution in [-0.4, -0.2) is 11.1 Å². The summed E-state index contributed by atoms with van der Waals surface area (Å²) in [5.74, 6) is 0. The predicted molar refractivity (Wildman–Crippen MR) is 107 cm³/mol. The third kappa shape index (κ3) is 3.77. The van der Waals surface area contributed by atoms with Gasteiger partial charge in [0, 0.05) is 35.3 Å². The van der Waals surface area contributed by atoms with E-state index in [1.54, 1.807) is 0 Å². The molecule has 1 aliphatic rings. The molecule has 2 heterocycles. The molecule has 0 N–H and O–H groups in total. The van der Waals surface area contributed by atoms with Gasteiger partial charge < -0.3 is 9.47 Å². The van der Waals surface area contributed by atoms with Crippen LogP contribution in [0.3, 0.4) is 0 Å². The van der Waals surface area contributed by atoms with E-state index < -0.39 is 0 Å². The molecule has 0 radical (unpaired) electrons. The van der Waals surface area contributed by atoms with Gasteiger partial charge in [0.15, 0.2) is 0 Å². The Morgan fingerprint density at radius 2 is 1.16 bits per heavy atom. The van der Waals surface area contributed by atoms with Crippen molar-refractivity contribution in [2.45, 2.75) is 42.0 Å². The number of unbranched alkanes of at least 4 members (excludes halogenated alkanes) is 3. The molecule has 0 bridgehead atoms. The molecule has 0 saturated heterocycles. The van der Waals surface area contributed by atoms with Gasteiger partial charge in [0.25, 0.3) is 0 Å². The van der Waals surface area contributed by atoms with E-state index >= 15 is 0 Å². The molecule has 0 atom stereocenters. The summed E-state index contributed by atoms with van der Waals surface area (Å²) in [6.45, 7) is 2.23. The van der Waals surface area contributed by atoms with Crippen LogP contribution in [-0.2, 0) is 6.54 Å². The first kappa shape index (κ1) is 16.3. The standard InChI is InChI=1S/C22H24N2S/c1(7-15-23-16-9-10-17-23)2-8-18-24-19-11-3-5-13-21(19)25-22-14-6-4-12-20(22)24/h3-6,9-14,16-17H,1-2,7-8,15,18H2. The zero-order chi connectivity index (χ0) is 16.9. The molecule has 0 saturated carbocycles. The van der Waals surface area contributed by atoms with Crippen molar-refractivity contribution in [1.29, 1.82) is 0 Å². The Morgan fingerprint density at radius 3 is 1.80 bits per heavy atom. The number of rotatable bonds is 7. The molecule has 3 aromatic rings. The topological polar surface area (TPSA) is 8.17 Å². The van der Waals surface area contributed by atoms with Gasteiger partial charge in [0.1, 0.15) is 0 Å². The smallest absolute Gasteiger partial charge is 0.0552 e. The average Bonchev–Trinajstić information content (AvgIpc) is 3.17. The third-order valence-electron chi connectivity index (χ3n) is 4.75. The van der Waals surface area contributed by atoms with Crippen molar-refractivity contribution in [1.82, 2.24) is 4.57 Å². The van der Waals surface area contributed by atoms with E-state index in [9.17, 15) is 0 Å². The van der Waals surface area contributed by atoms with Crippen molar-refractivity contribution in [3.05, 3.63) is 73.1 Å². The first-order valence-electron chi connectivity index (χ1n) is 9.16. The second-order valence-corrected chi connectivity index (χ2v) is 7.61. The highest BCUT2D eigenvalue weighted by molar-refractivity contribution is 7.99. The molecule has 0 unspecified atom stereocenters. The SMILES string of the molecule is c1ccc2c(c1)Sc1ccccc1N2CCCCCCn1cccc1. The molecule has 0 spiro atoms. The molecular weight excluding hydrogens is 324 g/mol. The molecule has 2 nitrogen and oxygen atoms in total. The van der Waals surface area contributed by atoms with Crippen LogP contribution in [0.15, 0.2) is 82.8 Å². The summed E-state index contributed by atoms with van der Waals surface area (Å²) >= 11 is 1.89. The summed E-state index contributed by atoms with van der Waals surface area (Å²) in [6, 6.07) is 21.8. The second-order valence-electron chi connectivity index (χ2n) is 6.52. The van der Waals surface area contributed by atoms with Crippen LogP contribution < -0.4 is 4.90 Å². The van der Waals surface area contributed by atoms with E-state index in [4.69, 9.17) is 0 Å². The van der Waals surface area contributed by atoms with E-state index in [1.807, 2.05) is 11.8 Å². The van der Waals surface area contributed by atoms with Gasteiger partial charge in [0.05, 0.1) is 11.4 Å². The highest BCUT2D eigenvalue weighted by atomic mass is 32.2. The number of fused-ring (bicyclic) bond motifs is 2. The summed E-state index contributed by atoms with van der Waals surface area (Å²) in [4.78, 5) is 5.25. The van der Waals surface area contributed by atoms with Crippen LogP contribution in [0.25, 0.3) is 0 Å². The fourth-order valence-electron chi connectivity index (χ4n) is 3.46. The van der Waals surface area contributed by atoms with Gasteiger partial charge in [-0.05, 0) is 49.2 Å². The number of benzene rings is 2. The van der Waals surface area contributed by atoms with Crippen molar-refractivity contribution in [3.8, 4) is 0 Å². The maximum absolute atomic E-state index is 2.51. The molecular formula is C22H24N2S. The van der Waals surface area contributed by atoms with Crippen LogP contribution in [0.1, 0.15) is 25.7 Å². The Kier molecular flexibility index (Phi) is 5.12. The van der Waals surface area contributed by atoms with Crippen LogP contribution in [0, 0.1) is 0 Å². The van der Waals surface area contributed by atoms with E-state index in [0.29, 0.717) is 0 Å². The summed E-state index contributed by atoms with van der Waals surface area (Å²) in [6.07, 6.45) is 9.38. The molecule has 0 aliphatic carbocycles. The first-order chi connectivity index (χ1) is 12.4. The molecule has 25 heavy (non-hydrogen) atoms. The maximum Gasteiger partial charge on any atom is 0.0552 e. The molecule has 3 heteroatoms. The Morgan fingerprint density at radius 1 is 0.600 bits per heavy atom. The molecule has 0 amide bonds. The van der Waals surface area contributed by atoms with Gasteiger partial charge in [-0.3, -0.25) is 0 Å². The lowest BCUT2D eigenvalue weighted by atomic mass is 10.1. The zero-order valence-corrected chi connectivity index (χ0v) is 15.3. The van der Waals surface area contributed by atoms with Crippen molar-refractivity contribution >= 4 is 23.1 Å². The lowest BCUT2D eigenvalue weighted by Crippen LogP contribution is -2.21. The van der Waals surface area contributed by atoms with E-state index in [1.165, 1.54) is 46.8 Å². The van der Waals surface area contributed by atoms with Crippen molar-refractivity contribution in [3.63, 3.8) is 0 Å². The Balaban J connectivity index is 1.35. The molecule has 1 aliphatic heterocycles. The van der Waals surface area contributed by atoms with Gasteiger partial charge in [-0.15, -0.1) is 0 Å². The normalized spacial score (nSPS) is 12.7. The molecule has 2 aromatic carbocycles. The summed E-state index contributed by atoms with van der Waals surface area (Å²) in [5, 5.41) is 0. The zero-order valence-electron chi connectivity index (χ0n) is 14.5. The summed E-state index contributed by atoms with van der Waals surface area (Å²) in [7, 11) is 0. The number of hydrogen-bond donors (Lipinski definition) is 0. The van der Waals surface area contributed by atoms with Crippen molar-refractivity contribution < 1.29 is 0 Å². The van der Waals surface area contributed by atoms with Gasteiger partial charge >= 0.3 is 0 Å². The highest BCUT2D eigenvalue weighted by Crippen LogP contribution is 2.47. The van der Waals surface area contributed by atoms with Crippen molar-refractivity contribution in [2.24, 2.45) is 0 Å². The van der Waals surface area contributed by atoms with Gasteiger partial charge in [-0.25, -0.2) is 0 Å². The number of aromatic nitrogens is 1. The molecule has 0 fully saturated rings. The molecule has 1 aromatic heterocycles. The summed E-state index contributed by atoms with van der Waals surface area (Å²) in [5.41, 5.74) is 2.72. The molecule has 4 rings (SSSR count). The lowest BCUT2D eigenvalue weighted by Gasteiger charge is -2.32. The minimum Gasteiger partial charge on any atom is -0.354 e. The van der Waals surface area contributed by atoms with E-state index in [2.05, 4.69) is 82.5 Å². The van der Waals surface area contributed by atoms with Gasteiger partial charge in [-0.1, -0.05) is 48.9 Å². The highest BCUT2D eigenvalue weighted by Gasteiger charge is 2.21. The monoisotopic (exact) mass is 348 g/mol. The van der Waals surface area contributed by atoms with Gasteiger partial charge in [-0.2, -0.15) is 0 Å². The minimum atomic E-state index is 1.10. The lowest BCUT2D eigenvalue weighted by molar-refractivity contribution is 0.574. The first-order valence-corrected chi connectivity index (χ1v) is 9.98. The minimum absolute atomic E-state index is 1.10. The molecule has 128 valence electrons. The number of anilines is 2. The van der Waals surface area contributed by atoms with Crippen molar-refractivity contribution in [2.75, 3.05) is 11.4 Å². The van der Waals surface area contributed by atoms with Crippen LogP contribution in [0.2, 0.25) is 0 Å². The Hall–Kier alpha value is -2.13. The fraction of sp³-hybridized carbons (Fsp3) is 0.273. The van der Waals surface area contributed by atoms with E-state index in [-0.39, 0.29) is 0 Å². The van der Waals surface area contributed by atoms with E-state index in [0.717, 1.165) is 13.1 Å². The predicted octanol–water partition coefficient (Wildman–Crippen LogP) is 6.35. The van der Waals surface area contributed by atoms with Crippen LogP contribution in [0.5, 0.6) is 0 Å². The number of nitrogens with zero attached hydrogens (tertiary/aromatic N) is 2. The largest absolute Gasteiger partial charge is 0.354 e. The third-order valence-corrected chi connectivity index (χ3v) is 5.88. The van der Waals surface area contributed by atoms with Crippen LogP contribution >= 0.6 is 11.8 Å². The quantitative estimate of drug-likeness (QED) is 0.460. The average molecular weight is 349 g/mol.